The Balaban J connectivity index is 1.41. The minimum atomic E-state index is -0.633. The third-order valence-electron chi connectivity index (χ3n) is 4.20. The minimum absolute atomic E-state index is 0.0422. The molecule has 0 radical (unpaired) electrons. The summed E-state index contributed by atoms with van der Waals surface area (Å²) in [6.45, 7) is 0.589. The number of likely N-dealkylation sites (N-methyl/N-ethyl adjacent to an activating group) is 1. The number of hydrogen-bond donors (Lipinski definition) is 2. The van der Waals surface area contributed by atoms with Crippen LogP contribution in [0.2, 0.25) is 5.02 Å². The van der Waals surface area contributed by atoms with Gasteiger partial charge in [0.2, 0.25) is 0 Å². The first-order chi connectivity index (χ1) is 14.5. The Labute approximate surface area is 182 Å². The number of amides is 3. The lowest BCUT2D eigenvalue weighted by atomic mass is 10.2. The SMILES string of the molecule is COc1ccc2nc(NC(=O)OCCN(C)C(=O)NCc3ccccc3Cl)sc2c1. The van der Waals surface area contributed by atoms with Crippen LogP contribution in [0.15, 0.2) is 42.5 Å². The van der Waals surface area contributed by atoms with Crippen LogP contribution >= 0.6 is 22.9 Å². The van der Waals surface area contributed by atoms with E-state index in [1.165, 1.54) is 16.2 Å². The van der Waals surface area contributed by atoms with E-state index in [1.54, 1.807) is 26.3 Å². The molecule has 30 heavy (non-hydrogen) atoms. The molecule has 2 N–H and O–H groups in total. The van der Waals surface area contributed by atoms with Gasteiger partial charge in [-0.3, -0.25) is 5.32 Å². The molecule has 0 aliphatic heterocycles. The zero-order valence-electron chi connectivity index (χ0n) is 16.5. The lowest BCUT2D eigenvalue weighted by Gasteiger charge is -2.18. The van der Waals surface area contributed by atoms with Crippen LogP contribution in [0, 0.1) is 0 Å². The number of methoxy groups -OCH3 is 1. The van der Waals surface area contributed by atoms with Crippen molar-refractivity contribution in [3.05, 3.63) is 53.1 Å². The average molecular weight is 449 g/mol. The van der Waals surface area contributed by atoms with Gasteiger partial charge in [0.05, 0.1) is 23.9 Å². The van der Waals surface area contributed by atoms with E-state index in [2.05, 4.69) is 15.6 Å². The van der Waals surface area contributed by atoms with Crippen LogP contribution in [0.4, 0.5) is 14.7 Å². The number of anilines is 1. The highest BCUT2D eigenvalue weighted by atomic mass is 35.5. The van der Waals surface area contributed by atoms with Crippen molar-refractivity contribution in [2.75, 3.05) is 32.6 Å². The van der Waals surface area contributed by atoms with Crippen molar-refractivity contribution in [3.63, 3.8) is 0 Å². The molecule has 0 saturated carbocycles. The van der Waals surface area contributed by atoms with Crippen LogP contribution < -0.4 is 15.4 Å². The first-order valence-corrected chi connectivity index (χ1v) is 10.3. The van der Waals surface area contributed by atoms with E-state index in [0.29, 0.717) is 16.7 Å². The summed E-state index contributed by atoms with van der Waals surface area (Å²) in [6, 6.07) is 12.5. The zero-order valence-corrected chi connectivity index (χ0v) is 18.0. The zero-order chi connectivity index (χ0) is 21.5. The van der Waals surface area contributed by atoms with Crippen molar-refractivity contribution in [2.24, 2.45) is 0 Å². The number of benzene rings is 2. The number of fused-ring (bicyclic) bond motifs is 1. The Bertz CT molecular complexity index is 1040. The second-order valence-corrected chi connectivity index (χ2v) is 7.72. The van der Waals surface area contributed by atoms with Gasteiger partial charge in [0.15, 0.2) is 5.13 Å². The molecule has 1 heterocycles. The fraction of sp³-hybridized carbons (Fsp3) is 0.250. The molecule has 10 heteroatoms. The van der Waals surface area contributed by atoms with Crippen LogP contribution in [0.1, 0.15) is 5.56 Å². The van der Waals surface area contributed by atoms with Crippen molar-refractivity contribution in [1.82, 2.24) is 15.2 Å². The molecule has 0 spiro atoms. The van der Waals surface area contributed by atoms with Gasteiger partial charge in [0.25, 0.3) is 0 Å². The summed E-state index contributed by atoms with van der Waals surface area (Å²) in [5.74, 6) is 0.719. The van der Waals surface area contributed by atoms with E-state index in [0.717, 1.165) is 21.5 Å². The number of nitrogens with one attached hydrogen (secondary N) is 2. The maximum Gasteiger partial charge on any atom is 0.413 e. The molecule has 0 unspecified atom stereocenters. The highest BCUT2D eigenvalue weighted by molar-refractivity contribution is 7.22. The third kappa shape index (κ3) is 5.74. The smallest absolute Gasteiger partial charge is 0.413 e. The number of carbonyl (C=O) groups excluding carboxylic acids is 2. The van der Waals surface area contributed by atoms with Gasteiger partial charge in [-0.15, -0.1) is 0 Å². The first kappa shape index (κ1) is 21.7. The van der Waals surface area contributed by atoms with Gasteiger partial charge in [-0.05, 0) is 29.8 Å². The second kappa shape index (κ2) is 10.1. The summed E-state index contributed by atoms with van der Waals surface area (Å²) in [6.07, 6.45) is -0.633. The van der Waals surface area contributed by atoms with Gasteiger partial charge in [0.1, 0.15) is 12.4 Å². The molecule has 3 amide bonds. The number of nitrogens with zero attached hydrogens (tertiary/aromatic N) is 2. The first-order valence-electron chi connectivity index (χ1n) is 9.07. The maximum absolute atomic E-state index is 12.1. The largest absolute Gasteiger partial charge is 0.497 e. The number of halogens is 1. The van der Waals surface area contributed by atoms with Crippen molar-refractivity contribution in [3.8, 4) is 5.75 Å². The van der Waals surface area contributed by atoms with Gasteiger partial charge < -0.3 is 19.7 Å². The maximum atomic E-state index is 12.1. The standard InChI is InChI=1S/C20H21ClN4O4S/c1-25(19(26)22-12-13-5-3-4-6-15(13)21)9-10-29-20(27)24-18-23-16-8-7-14(28-2)11-17(16)30-18/h3-8,11H,9-10,12H2,1-2H3,(H,22,26)(H,23,24,27). The Morgan fingerprint density at radius 1 is 1.23 bits per heavy atom. The molecule has 0 aliphatic carbocycles. The number of carbonyl (C=O) groups is 2. The minimum Gasteiger partial charge on any atom is -0.497 e. The molecule has 1 aromatic heterocycles. The van der Waals surface area contributed by atoms with Gasteiger partial charge in [-0.25, -0.2) is 14.6 Å². The van der Waals surface area contributed by atoms with Crippen molar-refractivity contribution in [2.45, 2.75) is 6.54 Å². The summed E-state index contributed by atoms with van der Waals surface area (Å²) in [5, 5.41) is 6.38. The van der Waals surface area contributed by atoms with Gasteiger partial charge in [-0.1, -0.05) is 41.1 Å². The lowest BCUT2D eigenvalue weighted by molar-refractivity contribution is 0.146. The summed E-state index contributed by atoms with van der Waals surface area (Å²) in [4.78, 5) is 29.9. The van der Waals surface area contributed by atoms with Crippen LogP contribution in [0.25, 0.3) is 10.2 Å². The molecule has 0 fully saturated rings. The Kier molecular flexibility index (Phi) is 7.31. The van der Waals surface area contributed by atoms with E-state index >= 15 is 0 Å². The fourth-order valence-electron chi connectivity index (χ4n) is 2.53. The Morgan fingerprint density at radius 2 is 2.03 bits per heavy atom. The van der Waals surface area contributed by atoms with Crippen molar-refractivity contribution < 1.29 is 19.1 Å². The molecule has 0 aliphatic rings. The highest BCUT2D eigenvalue weighted by Gasteiger charge is 2.12. The Morgan fingerprint density at radius 3 is 2.80 bits per heavy atom. The molecule has 0 atom stereocenters. The van der Waals surface area contributed by atoms with Crippen molar-refractivity contribution >= 4 is 50.4 Å². The number of urea groups is 1. The summed E-state index contributed by atoms with van der Waals surface area (Å²) < 4.78 is 11.2. The fourth-order valence-corrected chi connectivity index (χ4v) is 3.62. The van der Waals surface area contributed by atoms with Crippen LogP contribution in [0.5, 0.6) is 5.75 Å². The number of hydrogen-bond acceptors (Lipinski definition) is 6. The predicted molar refractivity (Wildman–Crippen MR) is 117 cm³/mol. The quantitative estimate of drug-likeness (QED) is 0.560. The molecule has 0 saturated heterocycles. The molecular weight excluding hydrogens is 428 g/mol. The van der Waals surface area contributed by atoms with E-state index in [9.17, 15) is 9.59 Å². The molecule has 3 rings (SSSR count). The van der Waals surface area contributed by atoms with Gasteiger partial charge in [-0.2, -0.15) is 0 Å². The van der Waals surface area contributed by atoms with E-state index in [1.807, 2.05) is 30.3 Å². The van der Waals surface area contributed by atoms with Gasteiger partial charge in [0, 0.05) is 18.6 Å². The molecule has 3 aromatic rings. The molecule has 0 bridgehead atoms. The number of aromatic nitrogens is 1. The summed E-state index contributed by atoms with van der Waals surface area (Å²) in [5.41, 5.74) is 1.58. The highest BCUT2D eigenvalue weighted by Crippen LogP contribution is 2.29. The van der Waals surface area contributed by atoms with Crippen LogP contribution in [-0.4, -0.2) is 49.3 Å². The molecule has 2 aromatic carbocycles. The van der Waals surface area contributed by atoms with Crippen LogP contribution in [-0.2, 0) is 11.3 Å². The number of rotatable bonds is 7. The van der Waals surface area contributed by atoms with Crippen molar-refractivity contribution in [1.29, 1.82) is 0 Å². The third-order valence-corrected chi connectivity index (χ3v) is 5.50. The monoisotopic (exact) mass is 448 g/mol. The summed E-state index contributed by atoms with van der Waals surface area (Å²) in [7, 11) is 3.21. The van der Waals surface area contributed by atoms with E-state index in [-0.39, 0.29) is 19.2 Å². The van der Waals surface area contributed by atoms with E-state index in [4.69, 9.17) is 21.1 Å². The molecule has 158 valence electrons. The lowest BCUT2D eigenvalue weighted by Crippen LogP contribution is -2.39. The van der Waals surface area contributed by atoms with Gasteiger partial charge >= 0.3 is 12.1 Å². The Hall–Kier alpha value is -3.04. The number of ether oxygens (including phenoxy) is 2. The summed E-state index contributed by atoms with van der Waals surface area (Å²) >= 11 is 7.39. The van der Waals surface area contributed by atoms with Crippen LogP contribution in [0.3, 0.4) is 0 Å². The normalized spacial score (nSPS) is 10.5. The molecular formula is C20H21ClN4O4S. The average Bonchev–Trinajstić information content (AvgIpc) is 3.13. The van der Waals surface area contributed by atoms with E-state index < -0.39 is 6.09 Å². The topological polar surface area (TPSA) is 92.8 Å². The molecule has 8 nitrogen and oxygen atoms in total. The predicted octanol–water partition coefficient (Wildman–Crippen LogP) is 4.35. The number of thiazole rings is 1. The second-order valence-electron chi connectivity index (χ2n) is 6.29.